The van der Waals surface area contributed by atoms with E-state index in [1.165, 1.54) is 35.2 Å². The van der Waals surface area contributed by atoms with Gasteiger partial charge >= 0.3 is 5.97 Å². The average molecular weight is 538 g/mol. The Hall–Kier alpha value is -3.66. The molecule has 4 aromatic rings. The van der Waals surface area contributed by atoms with Gasteiger partial charge in [-0.15, -0.1) is 23.1 Å². The smallest absolute Gasteiger partial charge is 0.336 e. The quantitative estimate of drug-likeness (QED) is 0.220. The fourth-order valence-electron chi connectivity index (χ4n) is 3.23. The van der Waals surface area contributed by atoms with E-state index in [4.69, 9.17) is 11.6 Å². The number of halogens is 1. The topological polar surface area (TPSA) is 108 Å². The SMILES string of the molecule is CC(Sc1ccc(NC(=O)c2ccccc2C(=O)O)cc1)C(=O)Nc1nc(-c2ccc(Cl)cc2)cs1. The molecule has 0 saturated heterocycles. The number of amides is 2. The third-order valence-electron chi connectivity index (χ3n) is 5.07. The van der Waals surface area contributed by atoms with Gasteiger partial charge in [-0.05, 0) is 55.5 Å². The largest absolute Gasteiger partial charge is 0.478 e. The van der Waals surface area contributed by atoms with Crippen LogP contribution in [0.3, 0.4) is 0 Å². The lowest BCUT2D eigenvalue weighted by molar-refractivity contribution is -0.115. The Kier molecular flexibility index (Phi) is 8.04. The minimum atomic E-state index is -1.17. The van der Waals surface area contributed by atoms with Gasteiger partial charge in [0.2, 0.25) is 5.91 Å². The maximum atomic E-state index is 12.7. The summed E-state index contributed by atoms with van der Waals surface area (Å²) in [5.41, 5.74) is 2.20. The molecule has 0 radical (unpaired) electrons. The molecule has 0 saturated carbocycles. The van der Waals surface area contributed by atoms with Crippen molar-refractivity contribution in [2.45, 2.75) is 17.1 Å². The second-order valence-electron chi connectivity index (χ2n) is 7.62. The first kappa shape index (κ1) is 25.4. The van der Waals surface area contributed by atoms with E-state index < -0.39 is 17.1 Å². The van der Waals surface area contributed by atoms with E-state index in [1.54, 1.807) is 55.5 Å². The number of anilines is 2. The number of carbonyl (C=O) groups is 3. The van der Waals surface area contributed by atoms with E-state index in [1.807, 2.05) is 17.5 Å². The molecular formula is C26H20ClN3O4S2. The van der Waals surface area contributed by atoms with Gasteiger partial charge in [-0.25, -0.2) is 9.78 Å². The molecule has 3 N–H and O–H groups in total. The van der Waals surface area contributed by atoms with E-state index in [9.17, 15) is 19.5 Å². The molecule has 182 valence electrons. The standard InChI is InChI=1S/C26H20ClN3O4S2/c1-15(23(31)30-26-29-22(14-35-26)16-6-8-17(27)9-7-16)36-19-12-10-18(11-13-19)28-24(32)20-4-2-3-5-21(20)25(33)34/h2-15H,1H3,(H,28,32)(H,33,34)(H,29,30,31). The van der Waals surface area contributed by atoms with Gasteiger partial charge in [0.1, 0.15) is 0 Å². The van der Waals surface area contributed by atoms with Crippen LogP contribution in [0.2, 0.25) is 5.02 Å². The van der Waals surface area contributed by atoms with Gasteiger partial charge in [0.15, 0.2) is 5.13 Å². The third kappa shape index (κ3) is 6.31. The van der Waals surface area contributed by atoms with Crippen LogP contribution in [0.4, 0.5) is 10.8 Å². The Morgan fingerprint density at radius 3 is 2.28 bits per heavy atom. The molecule has 10 heteroatoms. The lowest BCUT2D eigenvalue weighted by Gasteiger charge is -2.12. The predicted octanol–water partition coefficient (Wildman–Crippen LogP) is 6.53. The van der Waals surface area contributed by atoms with Gasteiger partial charge in [0.25, 0.3) is 5.91 Å². The van der Waals surface area contributed by atoms with Crippen molar-refractivity contribution in [3.63, 3.8) is 0 Å². The molecular weight excluding hydrogens is 518 g/mol. The van der Waals surface area contributed by atoms with E-state index >= 15 is 0 Å². The van der Waals surface area contributed by atoms with E-state index in [0.717, 1.165) is 16.2 Å². The van der Waals surface area contributed by atoms with Crippen molar-refractivity contribution in [3.05, 3.63) is 94.3 Å². The lowest BCUT2D eigenvalue weighted by Crippen LogP contribution is -2.22. The van der Waals surface area contributed by atoms with Gasteiger partial charge < -0.3 is 15.7 Å². The summed E-state index contributed by atoms with van der Waals surface area (Å²) in [6, 6.07) is 20.3. The van der Waals surface area contributed by atoms with Crippen LogP contribution in [0.25, 0.3) is 11.3 Å². The van der Waals surface area contributed by atoms with Crippen LogP contribution in [0, 0.1) is 0 Å². The van der Waals surface area contributed by atoms with Crippen molar-refractivity contribution in [1.82, 2.24) is 4.98 Å². The number of carboxylic acid groups (broad SMARTS) is 1. The summed E-state index contributed by atoms with van der Waals surface area (Å²) in [5.74, 6) is -1.86. The van der Waals surface area contributed by atoms with Crippen LogP contribution in [-0.4, -0.2) is 33.1 Å². The molecule has 36 heavy (non-hydrogen) atoms. The lowest BCUT2D eigenvalue weighted by atomic mass is 10.1. The van der Waals surface area contributed by atoms with E-state index in [2.05, 4.69) is 15.6 Å². The summed E-state index contributed by atoms with van der Waals surface area (Å²) >= 11 is 8.64. The summed E-state index contributed by atoms with van der Waals surface area (Å²) in [4.78, 5) is 41.9. The van der Waals surface area contributed by atoms with Gasteiger partial charge in [-0.2, -0.15) is 0 Å². The van der Waals surface area contributed by atoms with Crippen LogP contribution in [0.5, 0.6) is 0 Å². The van der Waals surface area contributed by atoms with Gasteiger partial charge in [-0.3, -0.25) is 9.59 Å². The number of rotatable bonds is 8. The van der Waals surface area contributed by atoms with Crippen LogP contribution < -0.4 is 10.6 Å². The first-order valence-electron chi connectivity index (χ1n) is 10.7. The monoisotopic (exact) mass is 537 g/mol. The maximum absolute atomic E-state index is 12.7. The highest BCUT2D eigenvalue weighted by Crippen LogP contribution is 2.29. The minimum Gasteiger partial charge on any atom is -0.478 e. The van der Waals surface area contributed by atoms with Gasteiger partial charge in [-0.1, -0.05) is 35.9 Å². The average Bonchev–Trinajstić information content (AvgIpc) is 3.34. The number of benzene rings is 3. The molecule has 7 nitrogen and oxygen atoms in total. The van der Waals surface area contributed by atoms with E-state index in [0.29, 0.717) is 15.8 Å². The van der Waals surface area contributed by atoms with Crippen LogP contribution >= 0.6 is 34.7 Å². The molecule has 0 aliphatic carbocycles. The number of aromatic nitrogens is 1. The second-order valence-corrected chi connectivity index (χ2v) is 10.3. The van der Waals surface area contributed by atoms with Gasteiger partial charge in [0, 0.05) is 26.5 Å². The van der Waals surface area contributed by atoms with Crippen LogP contribution in [-0.2, 0) is 4.79 Å². The number of nitrogens with zero attached hydrogens (tertiary/aromatic N) is 1. The molecule has 2 amide bonds. The molecule has 3 aromatic carbocycles. The highest BCUT2D eigenvalue weighted by atomic mass is 35.5. The van der Waals surface area contributed by atoms with Crippen molar-refractivity contribution >= 4 is 63.3 Å². The predicted molar refractivity (Wildman–Crippen MR) is 144 cm³/mol. The van der Waals surface area contributed by atoms with Gasteiger partial charge in [0.05, 0.1) is 22.1 Å². The molecule has 1 aromatic heterocycles. The zero-order valence-electron chi connectivity index (χ0n) is 18.9. The fraction of sp³-hybridized carbons (Fsp3) is 0.0769. The van der Waals surface area contributed by atoms with Crippen molar-refractivity contribution in [3.8, 4) is 11.3 Å². The zero-order valence-corrected chi connectivity index (χ0v) is 21.3. The normalized spacial score (nSPS) is 11.5. The molecule has 0 spiro atoms. The Labute approximate surface area is 220 Å². The van der Waals surface area contributed by atoms with E-state index in [-0.39, 0.29) is 17.0 Å². The molecule has 1 atom stereocenters. The number of hydrogen-bond donors (Lipinski definition) is 3. The number of hydrogen-bond acceptors (Lipinski definition) is 6. The first-order chi connectivity index (χ1) is 17.3. The number of aromatic carboxylic acids is 1. The molecule has 0 aliphatic rings. The summed E-state index contributed by atoms with van der Waals surface area (Å²) in [6.45, 7) is 1.80. The summed E-state index contributed by atoms with van der Waals surface area (Å²) in [5, 5.41) is 17.5. The maximum Gasteiger partial charge on any atom is 0.336 e. The fourth-order valence-corrected chi connectivity index (χ4v) is 4.95. The van der Waals surface area contributed by atoms with Crippen molar-refractivity contribution < 1.29 is 19.5 Å². The Morgan fingerprint density at radius 1 is 0.944 bits per heavy atom. The highest BCUT2D eigenvalue weighted by Gasteiger charge is 2.18. The highest BCUT2D eigenvalue weighted by molar-refractivity contribution is 8.00. The van der Waals surface area contributed by atoms with Crippen molar-refractivity contribution in [1.29, 1.82) is 0 Å². The Bertz CT molecular complexity index is 1410. The van der Waals surface area contributed by atoms with Crippen molar-refractivity contribution in [2.24, 2.45) is 0 Å². The zero-order chi connectivity index (χ0) is 25.7. The summed E-state index contributed by atoms with van der Waals surface area (Å²) in [7, 11) is 0. The molecule has 0 fully saturated rings. The first-order valence-corrected chi connectivity index (χ1v) is 12.9. The molecule has 0 bridgehead atoms. The summed E-state index contributed by atoms with van der Waals surface area (Å²) in [6.07, 6.45) is 0. The van der Waals surface area contributed by atoms with Crippen LogP contribution in [0.1, 0.15) is 27.6 Å². The number of thioether (sulfide) groups is 1. The number of carboxylic acids is 1. The molecule has 0 aliphatic heterocycles. The minimum absolute atomic E-state index is 0.0671. The number of carbonyl (C=O) groups excluding carboxylic acids is 2. The Morgan fingerprint density at radius 2 is 1.61 bits per heavy atom. The molecule has 4 rings (SSSR count). The van der Waals surface area contributed by atoms with Crippen molar-refractivity contribution in [2.75, 3.05) is 10.6 Å². The number of thiazole rings is 1. The number of nitrogens with one attached hydrogen (secondary N) is 2. The Balaban J connectivity index is 1.33. The molecule has 1 unspecified atom stereocenters. The van der Waals surface area contributed by atoms with Crippen LogP contribution in [0.15, 0.2) is 83.1 Å². The second kappa shape index (κ2) is 11.4. The third-order valence-corrected chi connectivity index (χ3v) is 7.19. The summed E-state index contributed by atoms with van der Waals surface area (Å²) < 4.78 is 0. The molecule has 1 heterocycles.